The summed E-state index contributed by atoms with van der Waals surface area (Å²) in [5, 5.41) is 16.4. The van der Waals surface area contributed by atoms with E-state index in [4.69, 9.17) is 5.26 Å². The van der Waals surface area contributed by atoms with Crippen LogP contribution in [-0.2, 0) is 15.1 Å². The lowest BCUT2D eigenvalue weighted by atomic mass is 9.90. The van der Waals surface area contributed by atoms with Gasteiger partial charge in [-0.05, 0) is 35.4 Å². The largest absolute Gasteiger partial charge is 0.325 e. The molecule has 1 atom stereocenters. The highest BCUT2D eigenvalue weighted by atomic mass is 32.1. The highest BCUT2D eigenvalue weighted by molar-refractivity contribution is 7.14. The Morgan fingerprint density at radius 3 is 2.57 bits per heavy atom. The van der Waals surface area contributed by atoms with Crippen molar-refractivity contribution in [1.29, 1.82) is 5.26 Å². The zero-order chi connectivity index (χ0) is 20.5. The zero-order valence-corrected chi connectivity index (χ0v) is 16.6. The Morgan fingerprint density at radius 1 is 1.29 bits per heavy atom. The fraction of sp³-hybridized carbons (Fsp3) is 0.300. The number of hydrogen-bond acceptors (Lipinski definition) is 5. The Bertz CT molecular complexity index is 974. The third kappa shape index (κ3) is 3.49. The van der Waals surface area contributed by atoms with Gasteiger partial charge in [-0.2, -0.15) is 5.26 Å². The molecule has 0 saturated carbocycles. The van der Waals surface area contributed by atoms with E-state index >= 15 is 0 Å². The van der Waals surface area contributed by atoms with Crippen molar-refractivity contribution in [3.8, 4) is 6.07 Å². The van der Waals surface area contributed by atoms with Gasteiger partial charge in [-0.25, -0.2) is 4.79 Å². The summed E-state index contributed by atoms with van der Waals surface area (Å²) in [7, 11) is 0. The van der Waals surface area contributed by atoms with E-state index in [1.807, 2.05) is 30.3 Å². The number of nitrogens with zero attached hydrogens (tertiary/aromatic N) is 2. The zero-order valence-electron chi connectivity index (χ0n) is 15.8. The number of amides is 4. The van der Waals surface area contributed by atoms with E-state index in [1.165, 1.54) is 11.3 Å². The van der Waals surface area contributed by atoms with Crippen LogP contribution < -0.4 is 10.6 Å². The lowest BCUT2D eigenvalue weighted by Crippen LogP contribution is -2.42. The maximum absolute atomic E-state index is 12.9. The van der Waals surface area contributed by atoms with Crippen molar-refractivity contribution in [2.24, 2.45) is 0 Å². The smallest absolute Gasteiger partial charge is 0.319 e. The van der Waals surface area contributed by atoms with Crippen LogP contribution in [0.25, 0.3) is 0 Å². The molecule has 4 amide bonds. The monoisotopic (exact) mass is 396 g/mol. The summed E-state index contributed by atoms with van der Waals surface area (Å²) in [6.45, 7) is 5.35. The molecular weight excluding hydrogens is 376 g/mol. The second-order valence-electron chi connectivity index (χ2n) is 7.05. The molecule has 144 valence electrons. The van der Waals surface area contributed by atoms with Crippen LogP contribution in [-0.4, -0.2) is 29.3 Å². The Labute approximate surface area is 167 Å². The number of thiophene rings is 1. The third-order valence-electron chi connectivity index (χ3n) is 4.77. The van der Waals surface area contributed by atoms with Crippen LogP contribution in [0.1, 0.15) is 43.4 Å². The van der Waals surface area contributed by atoms with E-state index in [0.717, 1.165) is 10.5 Å². The van der Waals surface area contributed by atoms with Gasteiger partial charge in [0.05, 0.1) is 5.56 Å². The molecule has 0 radical (unpaired) electrons. The van der Waals surface area contributed by atoms with Crippen molar-refractivity contribution in [3.05, 3.63) is 52.4 Å². The predicted molar refractivity (Wildman–Crippen MR) is 106 cm³/mol. The fourth-order valence-electron chi connectivity index (χ4n) is 3.04. The van der Waals surface area contributed by atoms with Crippen LogP contribution >= 0.6 is 11.3 Å². The van der Waals surface area contributed by atoms with Crippen LogP contribution in [0.4, 0.5) is 9.80 Å². The number of rotatable bonds is 5. The average Bonchev–Trinajstić information content (AvgIpc) is 3.20. The van der Waals surface area contributed by atoms with E-state index in [0.29, 0.717) is 22.0 Å². The number of urea groups is 1. The number of imide groups is 1. The summed E-state index contributed by atoms with van der Waals surface area (Å²) in [5.74, 6) is -0.676. The molecule has 2 aromatic rings. The second kappa shape index (κ2) is 7.44. The molecule has 1 saturated heterocycles. The van der Waals surface area contributed by atoms with Crippen LogP contribution in [0, 0.1) is 11.3 Å². The van der Waals surface area contributed by atoms with E-state index < -0.39 is 29.9 Å². The molecule has 28 heavy (non-hydrogen) atoms. The Kier molecular flexibility index (Phi) is 5.21. The number of anilines is 1. The normalized spacial score (nSPS) is 18.9. The SMILES string of the molecule is CC(C)c1ccc([C@]2(C)NC(=O)N(CC(=O)Nc3sccc3C#N)C2=O)cc1. The molecule has 1 aromatic carbocycles. The molecular formula is C20H20N4O3S. The summed E-state index contributed by atoms with van der Waals surface area (Å²) in [5.41, 5.74) is 0.895. The first kappa shape index (κ1) is 19.6. The minimum Gasteiger partial charge on any atom is -0.319 e. The summed E-state index contributed by atoms with van der Waals surface area (Å²) in [6, 6.07) is 10.4. The Hall–Kier alpha value is -3.18. The summed E-state index contributed by atoms with van der Waals surface area (Å²) in [4.78, 5) is 38.5. The molecule has 0 unspecified atom stereocenters. The van der Waals surface area contributed by atoms with Crippen molar-refractivity contribution >= 4 is 34.2 Å². The van der Waals surface area contributed by atoms with E-state index in [-0.39, 0.29) is 0 Å². The quantitative estimate of drug-likeness (QED) is 0.758. The van der Waals surface area contributed by atoms with Gasteiger partial charge in [0.15, 0.2) is 0 Å². The minimum absolute atomic E-state index is 0.339. The van der Waals surface area contributed by atoms with Crippen molar-refractivity contribution < 1.29 is 14.4 Å². The molecule has 0 bridgehead atoms. The van der Waals surface area contributed by atoms with Gasteiger partial charge in [0, 0.05) is 0 Å². The molecule has 1 aliphatic heterocycles. The van der Waals surface area contributed by atoms with Gasteiger partial charge in [0.2, 0.25) is 5.91 Å². The highest BCUT2D eigenvalue weighted by Gasteiger charge is 2.49. The van der Waals surface area contributed by atoms with Crippen molar-refractivity contribution in [2.45, 2.75) is 32.2 Å². The van der Waals surface area contributed by atoms with Gasteiger partial charge in [-0.1, -0.05) is 38.1 Å². The summed E-state index contributed by atoms with van der Waals surface area (Å²) < 4.78 is 0. The standard InChI is InChI=1S/C20H20N4O3S/c1-12(2)13-4-6-15(7-5-13)20(3)18(26)24(19(27)23-20)11-16(25)22-17-14(10-21)8-9-28-17/h4-9,12H,11H2,1-3H3,(H,22,25)(H,23,27)/t20-/m0/s1. The third-order valence-corrected chi connectivity index (χ3v) is 5.60. The molecule has 2 heterocycles. The van der Waals surface area contributed by atoms with Crippen molar-refractivity contribution in [2.75, 3.05) is 11.9 Å². The van der Waals surface area contributed by atoms with Crippen LogP contribution in [0.3, 0.4) is 0 Å². The minimum atomic E-state index is -1.23. The maximum Gasteiger partial charge on any atom is 0.325 e. The number of nitrogens with one attached hydrogen (secondary N) is 2. The topological polar surface area (TPSA) is 102 Å². The first-order valence-electron chi connectivity index (χ1n) is 8.78. The van der Waals surface area contributed by atoms with Gasteiger partial charge in [0.25, 0.3) is 5.91 Å². The summed E-state index contributed by atoms with van der Waals surface area (Å²) >= 11 is 1.20. The van der Waals surface area contributed by atoms with E-state index in [1.54, 1.807) is 18.4 Å². The number of hydrogen-bond donors (Lipinski definition) is 2. The van der Waals surface area contributed by atoms with E-state index in [2.05, 4.69) is 24.5 Å². The number of carbonyl (C=O) groups excluding carboxylic acids is 3. The number of benzene rings is 1. The Morgan fingerprint density at radius 2 is 1.96 bits per heavy atom. The highest BCUT2D eigenvalue weighted by Crippen LogP contribution is 2.30. The van der Waals surface area contributed by atoms with Crippen LogP contribution in [0.2, 0.25) is 0 Å². The first-order chi connectivity index (χ1) is 13.3. The van der Waals surface area contributed by atoms with Gasteiger partial charge < -0.3 is 10.6 Å². The van der Waals surface area contributed by atoms with Gasteiger partial charge in [-0.3, -0.25) is 14.5 Å². The first-order valence-corrected chi connectivity index (χ1v) is 9.66. The molecule has 0 aliphatic carbocycles. The molecule has 1 fully saturated rings. The predicted octanol–water partition coefficient (Wildman–Crippen LogP) is 3.15. The molecule has 0 spiro atoms. The van der Waals surface area contributed by atoms with Crippen molar-refractivity contribution in [1.82, 2.24) is 10.2 Å². The van der Waals surface area contributed by atoms with Crippen molar-refractivity contribution in [3.63, 3.8) is 0 Å². The average molecular weight is 396 g/mol. The molecule has 7 nitrogen and oxygen atoms in total. The van der Waals surface area contributed by atoms with Gasteiger partial charge in [-0.15, -0.1) is 11.3 Å². The fourth-order valence-corrected chi connectivity index (χ4v) is 3.80. The number of nitriles is 1. The lowest BCUT2D eigenvalue weighted by molar-refractivity contribution is -0.133. The molecule has 3 rings (SSSR count). The second-order valence-corrected chi connectivity index (χ2v) is 7.96. The molecule has 1 aliphatic rings. The van der Waals surface area contributed by atoms with Crippen LogP contribution in [0.15, 0.2) is 35.7 Å². The van der Waals surface area contributed by atoms with Crippen LogP contribution in [0.5, 0.6) is 0 Å². The van der Waals surface area contributed by atoms with Gasteiger partial charge >= 0.3 is 6.03 Å². The maximum atomic E-state index is 12.9. The number of carbonyl (C=O) groups is 3. The molecule has 2 N–H and O–H groups in total. The Balaban J connectivity index is 1.75. The lowest BCUT2D eigenvalue weighted by Gasteiger charge is -2.22. The molecule has 1 aromatic heterocycles. The summed E-state index contributed by atoms with van der Waals surface area (Å²) in [6.07, 6.45) is 0. The molecule has 8 heteroatoms. The van der Waals surface area contributed by atoms with Gasteiger partial charge in [0.1, 0.15) is 23.2 Å². The van der Waals surface area contributed by atoms with E-state index in [9.17, 15) is 14.4 Å².